The molecule has 0 radical (unpaired) electrons. The minimum atomic E-state index is -0.316. The Kier molecular flexibility index (Phi) is 3.61. The topological polar surface area (TPSA) is 43.8 Å². The summed E-state index contributed by atoms with van der Waals surface area (Å²) in [4.78, 5) is 4.22. The van der Waals surface area contributed by atoms with Gasteiger partial charge in [-0.2, -0.15) is 0 Å². The number of imidazole rings is 1. The van der Waals surface area contributed by atoms with Crippen molar-refractivity contribution >= 4 is 32.9 Å². The van der Waals surface area contributed by atoms with Crippen molar-refractivity contribution in [2.45, 2.75) is 33.2 Å². The minimum absolute atomic E-state index is 0.243. The summed E-state index contributed by atoms with van der Waals surface area (Å²) in [5, 5.41) is 0. The van der Waals surface area contributed by atoms with Crippen molar-refractivity contribution in [3.63, 3.8) is 0 Å². The van der Waals surface area contributed by atoms with Gasteiger partial charge in [0.25, 0.3) is 0 Å². The van der Waals surface area contributed by atoms with Crippen molar-refractivity contribution in [2.24, 2.45) is 5.92 Å². The number of benzene rings is 1. The predicted octanol–water partition coefficient (Wildman–Crippen LogP) is 4.13. The Balaban J connectivity index is 2.56. The zero-order valence-electron chi connectivity index (χ0n) is 10.7. The first-order valence-electron chi connectivity index (χ1n) is 6.02. The van der Waals surface area contributed by atoms with Gasteiger partial charge >= 0.3 is 0 Å². The molecule has 18 heavy (non-hydrogen) atoms. The molecule has 0 bridgehead atoms. The van der Waals surface area contributed by atoms with Gasteiger partial charge in [-0.15, -0.1) is 0 Å². The number of nitrogens with two attached hydrogens (primary N) is 1. The highest BCUT2D eigenvalue weighted by molar-refractivity contribution is 9.10. The van der Waals surface area contributed by atoms with E-state index in [0.717, 1.165) is 11.9 Å². The van der Waals surface area contributed by atoms with Crippen molar-refractivity contribution in [3.05, 3.63) is 22.4 Å². The van der Waals surface area contributed by atoms with Gasteiger partial charge < -0.3 is 10.3 Å². The molecule has 5 heteroatoms. The van der Waals surface area contributed by atoms with Gasteiger partial charge in [0.15, 0.2) is 0 Å². The normalized spacial score (nSPS) is 13.4. The molecule has 0 amide bonds. The van der Waals surface area contributed by atoms with Crippen LogP contribution < -0.4 is 5.73 Å². The van der Waals surface area contributed by atoms with Gasteiger partial charge in [0, 0.05) is 12.1 Å². The number of nitrogens with zero attached hydrogens (tertiary/aromatic N) is 2. The van der Waals surface area contributed by atoms with E-state index in [4.69, 9.17) is 5.73 Å². The molecule has 2 N–H and O–H groups in total. The summed E-state index contributed by atoms with van der Waals surface area (Å²) in [5.74, 6) is 0.694. The molecule has 2 aromatic rings. The van der Waals surface area contributed by atoms with Gasteiger partial charge in [-0.25, -0.2) is 9.37 Å². The van der Waals surface area contributed by atoms with Crippen molar-refractivity contribution < 1.29 is 4.39 Å². The standard InChI is InChI=1S/C13H17BrFN3/c1-7(2)4-8(3)18-12-5-9(14)10(15)6-11(12)17-13(18)16/h5-8H,4H2,1-3H3,(H2,16,17). The van der Waals surface area contributed by atoms with E-state index in [1.807, 2.05) is 4.57 Å². The van der Waals surface area contributed by atoms with E-state index < -0.39 is 0 Å². The van der Waals surface area contributed by atoms with Crippen LogP contribution >= 0.6 is 15.9 Å². The highest BCUT2D eigenvalue weighted by Gasteiger charge is 2.16. The summed E-state index contributed by atoms with van der Waals surface area (Å²) < 4.78 is 15.9. The molecular formula is C13H17BrFN3. The number of rotatable bonds is 3. The van der Waals surface area contributed by atoms with Gasteiger partial charge in [-0.05, 0) is 41.3 Å². The smallest absolute Gasteiger partial charge is 0.201 e. The number of hydrogen-bond acceptors (Lipinski definition) is 2. The lowest BCUT2D eigenvalue weighted by Crippen LogP contribution is -2.11. The number of anilines is 1. The molecule has 1 unspecified atom stereocenters. The van der Waals surface area contributed by atoms with Crippen LogP contribution in [0.2, 0.25) is 0 Å². The highest BCUT2D eigenvalue weighted by Crippen LogP contribution is 2.29. The number of hydrogen-bond donors (Lipinski definition) is 1. The van der Waals surface area contributed by atoms with E-state index in [9.17, 15) is 4.39 Å². The molecule has 0 spiro atoms. The second-order valence-corrected chi connectivity index (χ2v) is 5.93. The van der Waals surface area contributed by atoms with Crippen LogP contribution in [0, 0.1) is 11.7 Å². The van der Waals surface area contributed by atoms with E-state index in [1.165, 1.54) is 6.07 Å². The predicted molar refractivity (Wildman–Crippen MR) is 76.0 cm³/mol. The SMILES string of the molecule is CC(C)CC(C)n1c(N)nc2cc(F)c(Br)cc21. The molecule has 0 aliphatic carbocycles. The molecule has 1 aromatic carbocycles. The Morgan fingerprint density at radius 3 is 2.67 bits per heavy atom. The zero-order chi connectivity index (χ0) is 13.4. The van der Waals surface area contributed by atoms with E-state index >= 15 is 0 Å². The number of nitrogen functional groups attached to an aromatic ring is 1. The molecule has 1 aromatic heterocycles. The summed E-state index contributed by atoms with van der Waals surface area (Å²) in [6, 6.07) is 3.39. The van der Waals surface area contributed by atoms with Gasteiger partial charge in [-0.3, -0.25) is 0 Å². The fourth-order valence-corrected chi connectivity index (χ4v) is 2.69. The average molecular weight is 314 g/mol. The van der Waals surface area contributed by atoms with E-state index in [-0.39, 0.29) is 11.9 Å². The number of halogens is 2. The highest BCUT2D eigenvalue weighted by atomic mass is 79.9. The van der Waals surface area contributed by atoms with Crippen LogP contribution in [-0.4, -0.2) is 9.55 Å². The number of fused-ring (bicyclic) bond motifs is 1. The van der Waals surface area contributed by atoms with Crippen LogP contribution in [0.25, 0.3) is 11.0 Å². The van der Waals surface area contributed by atoms with Crippen LogP contribution in [0.3, 0.4) is 0 Å². The molecule has 2 rings (SSSR count). The lowest BCUT2D eigenvalue weighted by molar-refractivity contribution is 0.439. The maximum atomic E-state index is 13.5. The summed E-state index contributed by atoms with van der Waals surface area (Å²) in [7, 11) is 0. The van der Waals surface area contributed by atoms with Gasteiger partial charge in [0.1, 0.15) is 5.82 Å². The third-order valence-electron chi connectivity index (χ3n) is 3.01. The second kappa shape index (κ2) is 4.88. The van der Waals surface area contributed by atoms with Crippen LogP contribution in [-0.2, 0) is 0 Å². The molecule has 3 nitrogen and oxygen atoms in total. The maximum absolute atomic E-state index is 13.5. The van der Waals surface area contributed by atoms with Crippen molar-refractivity contribution in [2.75, 3.05) is 5.73 Å². The van der Waals surface area contributed by atoms with Gasteiger partial charge in [0.05, 0.1) is 15.5 Å². The third-order valence-corrected chi connectivity index (χ3v) is 3.62. The fraction of sp³-hybridized carbons (Fsp3) is 0.462. The molecule has 1 heterocycles. The first-order valence-corrected chi connectivity index (χ1v) is 6.82. The van der Waals surface area contributed by atoms with Crippen LogP contribution in [0.1, 0.15) is 33.2 Å². The Hall–Kier alpha value is -1.10. The van der Waals surface area contributed by atoms with Crippen molar-refractivity contribution in [3.8, 4) is 0 Å². The third kappa shape index (κ3) is 2.36. The zero-order valence-corrected chi connectivity index (χ0v) is 12.3. The minimum Gasteiger partial charge on any atom is -0.369 e. The van der Waals surface area contributed by atoms with Gasteiger partial charge in [0.2, 0.25) is 5.95 Å². The Labute approximate surface area is 114 Å². The van der Waals surface area contributed by atoms with Crippen LogP contribution in [0.5, 0.6) is 0 Å². The van der Waals surface area contributed by atoms with Crippen LogP contribution in [0.4, 0.5) is 10.3 Å². The largest absolute Gasteiger partial charge is 0.369 e. The molecule has 1 atom stereocenters. The van der Waals surface area contributed by atoms with E-state index in [2.05, 4.69) is 41.7 Å². The summed E-state index contributed by atoms with van der Waals surface area (Å²) in [5.41, 5.74) is 7.41. The molecule has 0 fully saturated rings. The molecule has 0 aliphatic rings. The number of aromatic nitrogens is 2. The lowest BCUT2D eigenvalue weighted by atomic mass is 10.1. The Morgan fingerprint density at radius 2 is 2.06 bits per heavy atom. The van der Waals surface area contributed by atoms with Gasteiger partial charge in [-0.1, -0.05) is 13.8 Å². The molecular weight excluding hydrogens is 297 g/mol. The quantitative estimate of drug-likeness (QED) is 0.926. The first-order chi connectivity index (χ1) is 8.40. The molecule has 98 valence electrons. The summed E-state index contributed by atoms with van der Waals surface area (Å²) >= 11 is 3.20. The molecule has 0 saturated heterocycles. The second-order valence-electron chi connectivity index (χ2n) is 5.07. The lowest BCUT2D eigenvalue weighted by Gasteiger charge is -2.18. The Morgan fingerprint density at radius 1 is 1.39 bits per heavy atom. The monoisotopic (exact) mass is 313 g/mol. The maximum Gasteiger partial charge on any atom is 0.201 e. The average Bonchev–Trinajstić information content (AvgIpc) is 2.53. The molecule has 0 saturated carbocycles. The molecule has 0 aliphatic heterocycles. The van der Waals surface area contributed by atoms with Crippen LogP contribution in [0.15, 0.2) is 16.6 Å². The van der Waals surface area contributed by atoms with Crippen molar-refractivity contribution in [1.29, 1.82) is 0 Å². The Bertz CT molecular complexity index is 577. The van der Waals surface area contributed by atoms with E-state index in [0.29, 0.717) is 21.9 Å². The summed E-state index contributed by atoms with van der Waals surface area (Å²) in [6.45, 7) is 6.44. The summed E-state index contributed by atoms with van der Waals surface area (Å²) in [6.07, 6.45) is 1.00. The van der Waals surface area contributed by atoms with Crippen molar-refractivity contribution in [1.82, 2.24) is 9.55 Å². The fourth-order valence-electron chi connectivity index (χ4n) is 2.36. The van der Waals surface area contributed by atoms with E-state index in [1.54, 1.807) is 6.07 Å². The first kappa shape index (κ1) is 13.3.